The molecule has 0 saturated carbocycles. The van der Waals surface area contributed by atoms with Gasteiger partial charge in [0.1, 0.15) is 12.1 Å². The maximum atomic E-state index is 10.2. The van der Waals surface area contributed by atoms with Crippen LogP contribution in [-0.4, -0.2) is 4.98 Å². The van der Waals surface area contributed by atoms with Gasteiger partial charge < -0.3 is 0 Å². The molecule has 0 unspecified atom stereocenters. The van der Waals surface area contributed by atoms with Crippen LogP contribution in [0.2, 0.25) is 0 Å². The van der Waals surface area contributed by atoms with Crippen molar-refractivity contribution in [3.63, 3.8) is 0 Å². The predicted octanol–water partition coefficient (Wildman–Crippen LogP) is 5.55. The Labute approximate surface area is 197 Å². The SMILES string of the molecule is C#Cc1ccc(-c2c(C#N)c(-c3ccc(C#N)cc3)nc(-c3ccc(C#N)cc3)c2C#N)cc1. The molecule has 5 heteroatoms. The van der Waals surface area contributed by atoms with Crippen LogP contribution < -0.4 is 0 Å². The molecule has 5 nitrogen and oxygen atoms in total. The van der Waals surface area contributed by atoms with Crippen molar-refractivity contribution in [1.82, 2.24) is 4.98 Å². The summed E-state index contributed by atoms with van der Waals surface area (Å²) in [4.78, 5) is 4.74. The van der Waals surface area contributed by atoms with Crippen molar-refractivity contribution in [1.29, 1.82) is 21.0 Å². The number of nitrogens with zero attached hydrogens (tertiary/aromatic N) is 5. The fourth-order valence-electron chi connectivity index (χ4n) is 3.65. The van der Waals surface area contributed by atoms with E-state index in [4.69, 9.17) is 21.9 Å². The second-order valence-electron chi connectivity index (χ2n) is 7.26. The number of rotatable bonds is 3. The first-order valence-electron chi connectivity index (χ1n) is 10.1. The molecule has 0 N–H and O–H groups in total. The Bertz CT molecular complexity index is 1520. The third-order valence-electron chi connectivity index (χ3n) is 5.34. The van der Waals surface area contributed by atoms with Gasteiger partial charge in [-0.05, 0) is 42.0 Å². The van der Waals surface area contributed by atoms with Crippen LogP contribution in [0.25, 0.3) is 33.6 Å². The fraction of sp³-hybridized carbons (Fsp3) is 0. The summed E-state index contributed by atoms with van der Waals surface area (Å²) in [7, 11) is 0. The van der Waals surface area contributed by atoms with Crippen LogP contribution in [-0.2, 0) is 0 Å². The van der Waals surface area contributed by atoms with Gasteiger partial charge in [0.15, 0.2) is 0 Å². The first-order chi connectivity index (χ1) is 16.6. The first-order valence-corrected chi connectivity index (χ1v) is 10.1. The lowest BCUT2D eigenvalue weighted by Gasteiger charge is -2.16. The second kappa shape index (κ2) is 9.22. The molecular weight excluding hydrogens is 418 g/mol. The summed E-state index contributed by atoms with van der Waals surface area (Å²) >= 11 is 0. The molecule has 1 aromatic heterocycles. The third-order valence-corrected chi connectivity index (χ3v) is 5.34. The third kappa shape index (κ3) is 3.84. The van der Waals surface area contributed by atoms with Crippen molar-refractivity contribution in [2.45, 2.75) is 0 Å². The number of hydrogen-bond donors (Lipinski definition) is 0. The molecule has 0 aliphatic rings. The van der Waals surface area contributed by atoms with E-state index in [1.54, 1.807) is 72.8 Å². The molecule has 0 fully saturated rings. The predicted molar refractivity (Wildman–Crippen MR) is 127 cm³/mol. The molecule has 0 aliphatic carbocycles. The van der Waals surface area contributed by atoms with Crippen molar-refractivity contribution in [2.24, 2.45) is 0 Å². The Morgan fingerprint density at radius 2 is 0.882 bits per heavy atom. The van der Waals surface area contributed by atoms with E-state index in [1.165, 1.54) is 0 Å². The summed E-state index contributed by atoms with van der Waals surface area (Å²) in [5.41, 5.74) is 5.27. The average Bonchev–Trinajstić information content (AvgIpc) is 2.92. The fourth-order valence-corrected chi connectivity index (χ4v) is 3.65. The van der Waals surface area contributed by atoms with Gasteiger partial charge in [-0.2, -0.15) is 21.0 Å². The van der Waals surface area contributed by atoms with Crippen molar-refractivity contribution in [3.8, 4) is 70.3 Å². The van der Waals surface area contributed by atoms with Gasteiger partial charge in [-0.3, -0.25) is 0 Å². The number of hydrogen-bond acceptors (Lipinski definition) is 5. The van der Waals surface area contributed by atoms with Crippen molar-refractivity contribution >= 4 is 0 Å². The van der Waals surface area contributed by atoms with Crippen LogP contribution >= 0.6 is 0 Å². The molecule has 34 heavy (non-hydrogen) atoms. The van der Waals surface area contributed by atoms with Crippen LogP contribution in [0.1, 0.15) is 27.8 Å². The molecule has 0 amide bonds. The molecule has 0 spiro atoms. The molecule has 3 aromatic carbocycles. The van der Waals surface area contributed by atoms with E-state index in [-0.39, 0.29) is 11.1 Å². The second-order valence-corrected chi connectivity index (χ2v) is 7.26. The summed E-state index contributed by atoms with van der Waals surface area (Å²) in [6.07, 6.45) is 5.49. The molecule has 1 heterocycles. The Balaban J connectivity index is 2.09. The monoisotopic (exact) mass is 431 g/mol. The minimum absolute atomic E-state index is 0.243. The summed E-state index contributed by atoms with van der Waals surface area (Å²) in [6, 6.07) is 29.2. The normalized spacial score (nSPS) is 9.62. The topological polar surface area (TPSA) is 108 Å². The van der Waals surface area contributed by atoms with E-state index in [0.29, 0.717) is 50.3 Å². The Morgan fingerprint density at radius 3 is 1.24 bits per heavy atom. The maximum absolute atomic E-state index is 10.2. The van der Waals surface area contributed by atoms with Gasteiger partial charge in [-0.1, -0.05) is 42.3 Å². The Hall–Kier alpha value is -5.67. The molecule has 0 bridgehead atoms. The van der Waals surface area contributed by atoms with E-state index in [9.17, 15) is 10.5 Å². The summed E-state index contributed by atoms with van der Waals surface area (Å²) < 4.78 is 0. The highest BCUT2D eigenvalue weighted by atomic mass is 14.7. The average molecular weight is 431 g/mol. The molecule has 0 atom stereocenters. The van der Waals surface area contributed by atoms with Crippen LogP contribution in [0.15, 0.2) is 72.8 Å². The standard InChI is InChI=1S/C29H13N5/c1-2-19-3-9-22(10-4-19)27-25(17-32)28(23-11-5-20(15-30)6-12-23)34-29(26(27)18-33)24-13-7-21(16-31)8-14-24/h1,3-14H. The van der Waals surface area contributed by atoms with Crippen molar-refractivity contribution in [3.05, 3.63) is 101 Å². The zero-order chi connectivity index (χ0) is 24.1. The number of pyridine rings is 1. The van der Waals surface area contributed by atoms with Crippen molar-refractivity contribution < 1.29 is 0 Å². The number of nitriles is 4. The lowest BCUT2D eigenvalue weighted by molar-refractivity contribution is 1.28. The molecule has 0 saturated heterocycles. The summed E-state index contributed by atoms with van der Waals surface area (Å²) in [5.74, 6) is 2.56. The molecule has 4 aromatic rings. The zero-order valence-electron chi connectivity index (χ0n) is 17.7. The Morgan fingerprint density at radius 1 is 0.500 bits per heavy atom. The highest BCUT2D eigenvalue weighted by molar-refractivity contribution is 5.89. The molecule has 0 radical (unpaired) electrons. The summed E-state index contributed by atoms with van der Waals surface area (Å²) in [5, 5.41) is 38.6. The van der Waals surface area contributed by atoms with Crippen LogP contribution in [0, 0.1) is 57.7 Å². The van der Waals surface area contributed by atoms with Gasteiger partial charge in [0.2, 0.25) is 0 Å². The van der Waals surface area contributed by atoms with E-state index in [2.05, 4.69) is 30.2 Å². The number of terminal acetylenes is 1. The quantitative estimate of drug-likeness (QED) is 0.395. The summed E-state index contributed by atoms with van der Waals surface area (Å²) in [6.45, 7) is 0. The highest BCUT2D eigenvalue weighted by Crippen LogP contribution is 2.38. The minimum atomic E-state index is 0.243. The largest absolute Gasteiger partial charge is 0.245 e. The minimum Gasteiger partial charge on any atom is -0.245 e. The van der Waals surface area contributed by atoms with Gasteiger partial charge in [0.25, 0.3) is 0 Å². The van der Waals surface area contributed by atoms with E-state index < -0.39 is 0 Å². The first kappa shape index (κ1) is 21.6. The van der Waals surface area contributed by atoms with Gasteiger partial charge in [0, 0.05) is 22.3 Å². The Kier molecular flexibility index (Phi) is 5.85. The van der Waals surface area contributed by atoms with Gasteiger partial charge in [0.05, 0.1) is 45.8 Å². The van der Waals surface area contributed by atoms with Gasteiger partial charge >= 0.3 is 0 Å². The highest BCUT2D eigenvalue weighted by Gasteiger charge is 2.23. The smallest absolute Gasteiger partial charge is 0.102 e. The molecule has 0 aliphatic heterocycles. The maximum Gasteiger partial charge on any atom is 0.102 e. The van der Waals surface area contributed by atoms with E-state index in [1.807, 2.05) is 0 Å². The van der Waals surface area contributed by atoms with E-state index in [0.717, 1.165) is 0 Å². The number of benzene rings is 3. The molecular formula is C29H13N5. The molecule has 154 valence electrons. The molecule has 4 rings (SSSR count). The van der Waals surface area contributed by atoms with Crippen LogP contribution in [0.3, 0.4) is 0 Å². The van der Waals surface area contributed by atoms with E-state index >= 15 is 0 Å². The number of aromatic nitrogens is 1. The van der Waals surface area contributed by atoms with Gasteiger partial charge in [-0.25, -0.2) is 4.98 Å². The van der Waals surface area contributed by atoms with Gasteiger partial charge in [-0.15, -0.1) is 6.42 Å². The van der Waals surface area contributed by atoms with Crippen LogP contribution in [0.4, 0.5) is 0 Å². The van der Waals surface area contributed by atoms with Crippen molar-refractivity contribution in [2.75, 3.05) is 0 Å². The lowest BCUT2D eigenvalue weighted by atomic mass is 9.89. The zero-order valence-corrected chi connectivity index (χ0v) is 17.7. The van der Waals surface area contributed by atoms with Crippen LogP contribution in [0.5, 0.6) is 0 Å². The lowest BCUT2D eigenvalue weighted by Crippen LogP contribution is -2.02.